The lowest BCUT2D eigenvalue weighted by molar-refractivity contribution is -0.132. The van der Waals surface area contributed by atoms with Crippen molar-refractivity contribution in [2.45, 2.75) is 33.1 Å². The molecule has 0 bridgehead atoms. The van der Waals surface area contributed by atoms with Gasteiger partial charge >= 0.3 is 0 Å². The van der Waals surface area contributed by atoms with E-state index in [9.17, 15) is 4.79 Å². The van der Waals surface area contributed by atoms with Crippen molar-refractivity contribution in [2.24, 2.45) is 0 Å². The predicted molar refractivity (Wildman–Crippen MR) is 89.9 cm³/mol. The standard InChI is InChI=1S/C16H22N4O2S/c1-11(14-12(2)18-22-13(14)3)15(21)19-6-4-7-20(9-8-19)16-17-5-10-23-16/h5,10-11H,4,6-9H2,1-3H3/t11-/m1/s1. The Labute approximate surface area is 140 Å². The maximum atomic E-state index is 12.9. The molecule has 0 N–H and O–H groups in total. The van der Waals surface area contributed by atoms with Gasteiger partial charge in [0.1, 0.15) is 5.76 Å². The largest absolute Gasteiger partial charge is 0.361 e. The topological polar surface area (TPSA) is 62.5 Å². The van der Waals surface area contributed by atoms with E-state index >= 15 is 0 Å². The third kappa shape index (κ3) is 3.24. The molecule has 1 amide bonds. The van der Waals surface area contributed by atoms with E-state index in [1.54, 1.807) is 11.3 Å². The Kier molecular flexibility index (Phi) is 4.66. The average Bonchev–Trinajstić information content (AvgIpc) is 3.10. The molecule has 0 aromatic carbocycles. The SMILES string of the molecule is Cc1noc(C)c1[C@@H](C)C(=O)N1CCCN(c2nccs2)CC1. The molecular weight excluding hydrogens is 312 g/mol. The van der Waals surface area contributed by atoms with E-state index in [4.69, 9.17) is 4.52 Å². The molecule has 0 aliphatic carbocycles. The van der Waals surface area contributed by atoms with E-state index in [1.807, 2.05) is 37.2 Å². The van der Waals surface area contributed by atoms with Crippen LogP contribution in [0.1, 0.15) is 36.3 Å². The van der Waals surface area contributed by atoms with Crippen molar-refractivity contribution in [3.05, 3.63) is 28.6 Å². The summed E-state index contributed by atoms with van der Waals surface area (Å²) in [7, 11) is 0. The van der Waals surface area contributed by atoms with E-state index in [2.05, 4.69) is 15.0 Å². The van der Waals surface area contributed by atoms with Gasteiger partial charge in [-0.1, -0.05) is 5.16 Å². The summed E-state index contributed by atoms with van der Waals surface area (Å²) in [6.45, 7) is 8.98. The first kappa shape index (κ1) is 16.0. The van der Waals surface area contributed by atoms with E-state index in [1.165, 1.54) is 0 Å². The molecule has 0 spiro atoms. The fraction of sp³-hybridized carbons (Fsp3) is 0.562. The van der Waals surface area contributed by atoms with E-state index in [0.717, 1.165) is 54.7 Å². The van der Waals surface area contributed by atoms with Crippen LogP contribution in [0.2, 0.25) is 0 Å². The third-order valence-electron chi connectivity index (χ3n) is 4.39. The van der Waals surface area contributed by atoms with Gasteiger partial charge in [-0.05, 0) is 27.2 Å². The van der Waals surface area contributed by atoms with Crippen molar-refractivity contribution in [2.75, 3.05) is 31.1 Å². The Morgan fingerprint density at radius 2 is 2.13 bits per heavy atom. The predicted octanol–water partition coefficient (Wildman–Crippen LogP) is 2.59. The van der Waals surface area contributed by atoms with Crippen LogP contribution in [0.5, 0.6) is 0 Å². The number of rotatable bonds is 3. The van der Waals surface area contributed by atoms with Gasteiger partial charge in [-0.25, -0.2) is 4.98 Å². The summed E-state index contributed by atoms with van der Waals surface area (Å²) in [6.07, 6.45) is 2.78. The van der Waals surface area contributed by atoms with Gasteiger partial charge in [0.2, 0.25) is 5.91 Å². The molecule has 1 saturated heterocycles. The summed E-state index contributed by atoms with van der Waals surface area (Å²) >= 11 is 1.65. The molecular formula is C16H22N4O2S. The first-order chi connectivity index (χ1) is 11.1. The molecule has 3 rings (SSSR count). The van der Waals surface area contributed by atoms with Gasteiger partial charge < -0.3 is 14.3 Å². The minimum absolute atomic E-state index is 0.153. The lowest BCUT2D eigenvalue weighted by Gasteiger charge is -2.24. The highest BCUT2D eigenvalue weighted by Crippen LogP contribution is 2.26. The quantitative estimate of drug-likeness (QED) is 0.863. The summed E-state index contributed by atoms with van der Waals surface area (Å²) in [5, 5.41) is 7.00. The van der Waals surface area contributed by atoms with Crippen LogP contribution in [0.25, 0.3) is 0 Å². The zero-order valence-corrected chi connectivity index (χ0v) is 14.6. The zero-order chi connectivity index (χ0) is 16.4. The lowest BCUT2D eigenvalue weighted by Crippen LogP contribution is -2.37. The number of hydrogen-bond donors (Lipinski definition) is 0. The van der Waals surface area contributed by atoms with Crippen molar-refractivity contribution in [1.29, 1.82) is 0 Å². The smallest absolute Gasteiger partial charge is 0.230 e. The fourth-order valence-electron chi connectivity index (χ4n) is 3.21. The van der Waals surface area contributed by atoms with Gasteiger partial charge in [-0.3, -0.25) is 4.79 Å². The molecule has 6 nitrogen and oxygen atoms in total. The van der Waals surface area contributed by atoms with Crippen LogP contribution in [-0.2, 0) is 4.79 Å². The summed E-state index contributed by atoms with van der Waals surface area (Å²) in [5.74, 6) is 0.677. The highest BCUT2D eigenvalue weighted by molar-refractivity contribution is 7.13. The maximum absolute atomic E-state index is 12.9. The number of aromatic nitrogens is 2. The Balaban J connectivity index is 1.68. The highest BCUT2D eigenvalue weighted by Gasteiger charge is 2.28. The van der Waals surface area contributed by atoms with Crippen molar-refractivity contribution in [3.63, 3.8) is 0 Å². The second-order valence-electron chi connectivity index (χ2n) is 5.94. The van der Waals surface area contributed by atoms with Gasteiger partial charge in [0, 0.05) is 43.3 Å². The molecule has 0 radical (unpaired) electrons. The first-order valence-corrected chi connectivity index (χ1v) is 8.82. The van der Waals surface area contributed by atoms with Gasteiger partial charge in [0.25, 0.3) is 0 Å². The number of thiazole rings is 1. The zero-order valence-electron chi connectivity index (χ0n) is 13.8. The number of carbonyl (C=O) groups excluding carboxylic acids is 1. The molecule has 7 heteroatoms. The Morgan fingerprint density at radius 3 is 2.78 bits per heavy atom. The van der Waals surface area contributed by atoms with Gasteiger partial charge in [0.15, 0.2) is 5.13 Å². The Bertz CT molecular complexity index is 648. The number of nitrogens with zero attached hydrogens (tertiary/aromatic N) is 4. The van der Waals surface area contributed by atoms with E-state index < -0.39 is 0 Å². The molecule has 3 heterocycles. The van der Waals surface area contributed by atoms with Crippen LogP contribution in [-0.4, -0.2) is 47.1 Å². The number of hydrogen-bond acceptors (Lipinski definition) is 6. The number of anilines is 1. The second-order valence-corrected chi connectivity index (χ2v) is 6.81. The maximum Gasteiger partial charge on any atom is 0.230 e. The van der Waals surface area contributed by atoms with Gasteiger partial charge in [0.05, 0.1) is 11.6 Å². The summed E-state index contributed by atoms with van der Waals surface area (Å²) in [5.41, 5.74) is 1.73. The normalized spacial score (nSPS) is 17.2. The van der Waals surface area contributed by atoms with Crippen LogP contribution in [0.15, 0.2) is 16.1 Å². The number of carbonyl (C=O) groups is 1. The lowest BCUT2D eigenvalue weighted by atomic mass is 9.98. The number of aryl methyl sites for hydroxylation is 2. The number of amides is 1. The molecule has 124 valence electrons. The van der Waals surface area contributed by atoms with Crippen LogP contribution >= 0.6 is 11.3 Å². The minimum atomic E-state index is -0.215. The molecule has 1 aliphatic rings. The van der Waals surface area contributed by atoms with Crippen molar-refractivity contribution < 1.29 is 9.32 Å². The molecule has 2 aromatic heterocycles. The molecule has 1 fully saturated rings. The van der Waals surface area contributed by atoms with Crippen LogP contribution in [0.4, 0.5) is 5.13 Å². The van der Waals surface area contributed by atoms with Crippen molar-refractivity contribution >= 4 is 22.4 Å². The van der Waals surface area contributed by atoms with E-state index in [0.29, 0.717) is 0 Å². The molecule has 0 saturated carbocycles. The second kappa shape index (κ2) is 6.70. The third-order valence-corrected chi connectivity index (χ3v) is 5.22. The molecule has 2 aromatic rings. The first-order valence-electron chi connectivity index (χ1n) is 7.94. The van der Waals surface area contributed by atoms with Crippen LogP contribution in [0.3, 0.4) is 0 Å². The van der Waals surface area contributed by atoms with E-state index in [-0.39, 0.29) is 11.8 Å². The molecule has 23 heavy (non-hydrogen) atoms. The monoisotopic (exact) mass is 334 g/mol. The summed E-state index contributed by atoms with van der Waals surface area (Å²) in [6, 6.07) is 0. The Morgan fingerprint density at radius 1 is 1.30 bits per heavy atom. The Hall–Kier alpha value is -1.89. The van der Waals surface area contributed by atoms with Gasteiger partial charge in [-0.15, -0.1) is 11.3 Å². The molecule has 1 atom stereocenters. The van der Waals surface area contributed by atoms with Crippen LogP contribution < -0.4 is 4.90 Å². The fourth-order valence-corrected chi connectivity index (χ4v) is 3.90. The average molecular weight is 334 g/mol. The van der Waals surface area contributed by atoms with Crippen molar-refractivity contribution in [3.8, 4) is 0 Å². The summed E-state index contributed by atoms with van der Waals surface area (Å²) in [4.78, 5) is 21.5. The molecule has 1 aliphatic heterocycles. The summed E-state index contributed by atoms with van der Waals surface area (Å²) < 4.78 is 5.21. The van der Waals surface area contributed by atoms with Crippen molar-refractivity contribution in [1.82, 2.24) is 15.0 Å². The van der Waals surface area contributed by atoms with Crippen LogP contribution in [0, 0.1) is 13.8 Å². The highest BCUT2D eigenvalue weighted by atomic mass is 32.1. The molecule has 0 unspecified atom stereocenters. The van der Waals surface area contributed by atoms with Gasteiger partial charge in [-0.2, -0.15) is 0 Å². The minimum Gasteiger partial charge on any atom is -0.361 e.